The van der Waals surface area contributed by atoms with Crippen LogP contribution in [0.2, 0.25) is 0 Å². The largest absolute Gasteiger partial charge is 0.383 e. The lowest BCUT2D eigenvalue weighted by atomic mass is 10.1. The van der Waals surface area contributed by atoms with Gasteiger partial charge < -0.3 is 5.73 Å². The molecule has 0 spiro atoms. The first-order valence-electron chi connectivity index (χ1n) is 4.31. The van der Waals surface area contributed by atoms with E-state index >= 15 is 0 Å². The highest BCUT2D eigenvalue weighted by molar-refractivity contribution is 6.21. The van der Waals surface area contributed by atoms with Crippen molar-refractivity contribution in [3.8, 4) is 0 Å². The Hall–Kier alpha value is -1.64. The van der Waals surface area contributed by atoms with Gasteiger partial charge in [0, 0.05) is 17.7 Å². The van der Waals surface area contributed by atoms with Gasteiger partial charge in [-0.1, -0.05) is 24.3 Å². The molecule has 1 aliphatic rings. The topological polar surface area (TPSA) is 50.7 Å². The Bertz CT molecular complexity index is 391. The fourth-order valence-electron chi connectivity index (χ4n) is 1.41. The van der Waals surface area contributed by atoms with Crippen molar-refractivity contribution in [2.75, 3.05) is 6.54 Å². The second-order valence-electron chi connectivity index (χ2n) is 2.84. The van der Waals surface area contributed by atoms with Crippen LogP contribution in [0.1, 0.15) is 18.1 Å². The van der Waals surface area contributed by atoms with E-state index in [0.29, 0.717) is 5.84 Å². The van der Waals surface area contributed by atoms with E-state index in [1.165, 1.54) is 0 Å². The molecular formula is C10H11N3. The molecule has 1 heterocycles. The van der Waals surface area contributed by atoms with Gasteiger partial charge in [0.2, 0.25) is 0 Å². The number of rotatable bonds is 1. The van der Waals surface area contributed by atoms with Gasteiger partial charge in [0.1, 0.15) is 5.84 Å². The van der Waals surface area contributed by atoms with Crippen LogP contribution in [-0.4, -0.2) is 18.2 Å². The van der Waals surface area contributed by atoms with E-state index in [1.54, 1.807) is 0 Å². The maximum atomic E-state index is 5.74. The molecule has 0 unspecified atom stereocenters. The molecule has 0 radical (unpaired) electrons. The van der Waals surface area contributed by atoms with Crippen molar-refractivity contribution in [2.45, 2.75) is 6.92 Å². The first-order chi connectivity index (χ1) is 6.33. The Morgan fingerprint density at radius 1 is 1.31 bits per heavy atom. The highest BCUT2D eigenvalue weighted by atomic mass is 15.0. The van der Waals surface area contributed by atoms with Crippen LogP contribution in [0.3, 0.4) is 0 Å². The van der Waals surface area contributed by atoms with E-state index < -0.39 is 0 Å². The van der Waals surface area contributed by atoms with Crippen molar-refractivity contribution < 1.29 is 0 Å². The smallest absolute Gasteiger partial charge is 0.157 e. The van der Waals surface area contributed by atoms with Gasteiger partial charge in [-0.15, -0.1) is 0 Å². The average Bonchev–Trinajstić information content (AvgIpc) is 2.46. The molecule has 0 fully saturated rings. The molecule has 0 saturated carbocycles. The standard InChI is InChI=1S/C10H11N3/c1-2-12-10-8-6-4-3-5-7(8)9(11)13-10/h3-6H,2H2,1H3,(H2,11,12,13). The van der Waals surface area contributed by atoms with Gasteiger partial charge >= 0.3 is 0 Å². The number of amidine groups is 2. The summed E-state index contributed by atoms with van der Waals surface area (Å²) in [5, 5.41) is 0. The number of nitrogens with zero attached hydrogens (tertiary/aromatic N) is 2. The SMILES string of the molecule is CCN=C1N=C(N)c2ccccc21. The predicted octanol–water partition coefficient (Wildman–Crippen LogP) is 1.17. The minimum absolute atomic E-state index is 0.572. The maximum Gasteiger partial charge on any atom is 0.157 e. The summed E-state index contributed by atoms with van der Waals surface area (Å²) in [6.07, 6.45) is 0. The third kappa shape index (κ3) is 1.22. The second kappa shape index (κ2) is 3.01. The van der Waals surface area contributed by atoms with Crippen molar-refractivity contribution in [2.24, 2.45) is 15.7 Å². The quantitative estimate of drug-likeness (QED) is 0.681. The van der Waals surface area contributed by atoms with Crippen LogP contribution in [0.15, 0.2) is 34.3 Å². The fourth-order valence-corrected chi connectivity index (χ4v) is 1.41. The van der Waals surface area contributed by atoms with E-state index in [-0.39, 0.29) is 0 Å². The molecule has 2 rings (SSSR count). The van der Waals surface area contributed by atoms with Gasteiger partial charge in [-0.3, -0.25) is 4.99 Å². The van der Waals surface area contributed by atoms with Gasteiger partial charge in [0.15, 0.2) is 5.84 Å². The third-order valence-corrected chi connectivity index (χ3v) is 1.98. The van der Waals surface area contributed by atoms with E-state index in [2.05, 4.69) is 9.98 Å². The summed E-state index contributed by atoms with van der Waals surface area (Å²) in [5.41, 5.74) is 7.77. The summed E-state index contributed by atoms with van der Waals surface area (Å²) in [5.74, 6) is 1.33. The van der Waals surface area contributed by atoms with Crippen LogP contribution in [0, 0.1) is 0 Å². The lowest BCUT2D eigenvalue weighted by Gasteiger charge is -1.96. The van der Waals surface area contributed by atoms with Crippen molar-refractivity contribution in [3.63, 3.8) is 0 Å². The van der Waals surface area contributed by atoms with Crippen LogP contribution in [0.25, 0.3) is 0 Å². The molecule has 13 heavy (non-hydrogen) atoms. The van der Waals surface area contributed by atoms with Crippen molar-refractivity contribution in [1.29, 1.82) is 0 Å². The Morgan fingerprint density at radius 3 is 2.69 bits per heavy atom. The second-order valence-corrected chi connectivity index (χ2v) is 2.84. The number of benzene rings is 1. The molecule has 1 aliphatic heterocycles. The average molecular weight is 173 g/mol. The van der Waals surface area contributed by atoms with Gasteiger partial charge in [0.05, 0.1) is 0 Å². The molecule has 3 nitrogen and oxygen atoms in total. The molecule has 0 aliphatic carbocycles. The molecule has 2 N–H and O–H groups in total. The van der Waals surface area contributed by atoms with Crippen LogP contribution in [0.4, 0.5) is 0 Å². The van der Waals surface area contributed by atoms with Gasteiger partial charge in [-0.25, -0.2) is 4.99 Å². The zero-order valence-electron chi connectivity index (χ0n) is 7.49. The normalized spacial score (nSPS) is 17.3. The molecule has 3 heteroatoms. The maximum absolute atomic E-state index is 5.74. The number of hydrogen-bond acceptors (Lipinski definition) is 2. The van der Waals surface area contributed by atoms with Crippen LogP contribution >= 0.6 is 0 Å². The Morgan fingerprint density at radius 2 is 2.00 bits per heavy atom. The number of aliphatic imine (C=N–C) groups is 2. The number of hydrogen-bond donors (Lipinski definition) is 1. The molecule has 0 bridgehead atoms. The molecule has 66 valence electrons. The predicted molar refractivity (Wildman–Crippen MR) is 54.2 cm³/mol. The number of nitrogens with two attached hydrogens (primary N) is 1. The lowest BCUT2D eigenvalue weighted by Crippen LogP contribution is -2.09. The molecule has 0 atom stereocenters. The van der Waals surface area contributed by atoms with Crippen LogP contribution in [0.5, 0.6) is 0 Å². The summed E-state index contributed by atoms with van der Waals surface area (Å²) in [4.78, 5) is 8.46. The summed E-state index contributed by atoms with van der Waals surface area (Å²) >= 11 is 0. The molecule has 0 aromatic heterocycles. The summed E-state index contributed by atoms with van der Waals surface area (Å²) in [7, 11) is 0. The van der Waals surface area contributed by atoms with Crippen molar-refractivity contribution in [1.82, 2.24) is 0 Å². The molecule has 1 aromatic carbocycles. The molecular weight excluding hydrogens is 162 g/mol. The van der Waals surface area contributed by atoms with E-state index in [4.69, 9.17) is 5.73 Å². The van der Waals surface area contributed by atoms with E-state index in [0.717, 1.165) is 23.5 Å². The van der Waals surface area contributed by atoms with Gasteiger partial charge in [-0.2, -0.15) is 0 Å². The van der Waals surface area contributed by atoms with Crippen LogP contribution < -0.4 is 5.73 Å². The highest BCUT2D eigenvalue weighted by Gasteiger charge is 2.17. The van der Waals surface area contributed by atoms with Crippen molar-refractivity contribution in [3.05, 3.63) is 35.4 Å². The minimum Gasteiger partial charge on any atom is -0.383 e. The van der Waals surface area contributed by atoms with Crippen molar-refractivity contribution >= 4 is 11.7 Å². The van der Waals surface area contributed by atoms with Gasteiger partial charge in [0.25, 0.3) is 0 Å². The molecule has 1 aromatic rings. The number of fused-ring (bicyclic) bond motifs is 1. The monoisotopic (exact) mass is 173 g/mol. The third-order valence-electron chi connectivity index (χ3n) is 1.98. The Kier molecular flexibility index (Phi) is 1.85. The Balaban J connectivity index is 2.56. The summed E-state index contributed by atoms with van der Waals surface area (Å²) < 4.78 is 0. The zero-order chi connectivity index (χ0) is 9.26. The van der Waals surface area contributed by atoms with Gasteiger partial charge in [-0.05, 0) is 6.92 Å². The highest BCUT2D eigenvalue weighted by Crippen LogP contribution is 2.16. The fraction of sp³-hybridized carbons (Fsp3) is 0.200. The Labute approximate surface area is 77.0 Å². The zero-order valence-corrected chi connectivity index (χ0v) is 7.49. The first-order valence-corrected chi connectivity index (χ1v) is 4.31. The molecule has 0 saturated heterocycles. The summed E-state index contributed by atoms with van der Waals surface area (Å²) in [6.45, 7) is 2.72. The summed E-state index contributed by atoms with van der Waals surface area (Å²) in [6, 6.07) is 7.88. The molecule has 0 amide bonds. The first kappa shape index (κ1) is 7.98. The lowest BCUT2D eigenvalue weighted by molar-refractivity contribution is 1.12. The minimum atomic E-state index is 0.572. The van der Waals surface area contributed by atoms with E-state index in [9.17, 15) is 0 Å². The van der Waals surface area contributed by atoms with Crippen LogP contribution in [-0.2, 0) is 0 Å². The van der Waals surface area contributed by atoms with E-state index in [1.807, 2.05) is 31.2 Å².